The highest BCUT2D eigenvalue weighted by Crippen LogP contribution is 2.64. The van der Waals surface area contributed by atoms with Crippen LogP contribution in [0.1, 0.15) is 58.3 Å². The Kier molecular flexibility index (Phi) is 5.12. The monoisotopic (exact) mass is 466 g/mol. The van der Waals surface area contributed by atoms with Gasteiger partial charge in [0.25, 0.3) is 5.79 Å². The first-order valence-corrected chi connectivity index (χ1v) is 11.8. The van der Waals surface area contributed by atoms with Crippen LogP contribution in [0.15, 0.2) is 0 Å². The molecule has 0 aromatic rings. The Morgan fingerprint density at radius 1 is 1.23 bits per heavy atom. The number of halogens is 2. The van der Waals surface area contributed by atoms with Gasteiger partial charge in [-0.05, 0) is 44.4 Å². The van der Waals surface area contributed by atoms with E-state index in [0.717, 1.165) is 32.1 Å². The molecule has 0 aromatic heterocycles. The normalized spacial score (nSPS) is 36.2. The number of hydrogen-bond donors (Lipinski definition) is 1. The van der Waals surface area contributed by atoms with Crippen molar-refractivity contribution in [2.24, 2.45) is 23.7 Å². The second-order valence-corrected chi connectivity index (χ2v) is 10.5. The number of esters is 3. The van der Waals surface area contributed by atoms with Crippen LogP contribution in [-0.4, -0.2) is 47.5 Å². The van der Waals surface area contributed by atoms with Gasteiger partial charge in [-0.1, -0.05) is 13.3 Å². The topological polar surface area (TPSA) is 133 Å². The van der Waals surface area contributed by atoms with Gasteiger partial charge in [0.1, 0.15) is 5.60 Å². The molecule has 9 nitrogen and oxygen atoms in total. The van der Waals surface area contributed by atoms with Crippen LogP contribution in [0.25, 0.3) is 0 Å². The maximum atomic E-state index is 13.7. The lowest BCUT2D eigenvalue weighted by atomic mass is 9.77. The number of rotatable bonds is 6. The molecule has 4 aliphatic rings. The fourth-order valence-corrected chi connectivity index (χ4v) is 6.07. The SMILES string of the molecule is CCC1(OC(=O)C2C3CC4C2C(=O)OC4(OC(=O)C(F)(F)S(=O)(=O)O)C3)CCCCC1. The lowest BCUT2D eigenvalue weighted by Crippen LogP contribution is -2.49. The molecule has 2 bridgehead atoms. The molecule has 5 atom stereocenters. The van der Waals surface area contributed by atoms with Crippen molar-refractivity contribution in [2.45, 2.75) is 74.9 Å². The summed E-state index contributed by atoms with van der Waals surface area (Å²) in [5, 5.41) is -5.21. The Bertz CT molecular complexity index is 911. The highest BCUT2D eigenvalue weighted by molar-refractivity contribution is 7.87. The summed E-state index contributed by atoms with van der Waals surface area (Å²) in [6.45, 7) is 1.93. The number of ether oxygens (including phenoxy) is 3. The van der Waals surface area contributed by atoms with Crippen LogP contribution in [0.2, 0.25) is 0 Å². The fourth-order valence-electron chi connectivity index (χ4n) is 5.81. The third-order valence-electron chi connectivity index (χ3n) is 7.37. The van der Waals surface area contributed by atoms with E-state index in [1.54, 1.807) is 0 Å². The van der Waals surface area contributed by atoms with Crippen LogP contribution in [0.5, 0.6) is 0 Å². The van der Waals surface area contributed by atoms with Crippen molar-refractivity contribution >= 4 is 28.0 Å². The molecule has 3 aliphatic carbocycles. The van der Waals surface area contributed by atoms with Crippen molar-refractivity contribution in [1.82, 2.24) is 0 Å². The number of fused-ring (bicyclic) bond motifs is 1. The summed E-state index contributed by atoms with van der Waals surface area (Å²) in [5.41, 5.74) is -0.583. The van der Waals surface area contributed by atoms with Crippen LogP contribution in [0, 0.1) is 23.7 Å². The van der Waals surface area contributed by atoms with Crippen molar-refractivity contribution in [3.63, 3.8) is 0 Å². The third kappa shape index (κ3) is 3.33. The van der Waals surface area contributed by atoms with E-state index in [1.807, 2.05) is 6.92 Å². The molecule has 174 valence electrons. The van der Waals surface area contributed by atoms with Crippen LogP contribution >= 0.6 is 0 Å². The molecule has 3 saturated carbocycles. The predicted molar refractivity (Wildman–Crippen MR) is 96.8 cm³/mol. The maximum absolute atomic E-state index is 13.7. The Balaban J connectivity index is 1.52. The number of alkyl halides is 2. The largest absolute Gasteiger partial charge is 0.465 e. The molecule has 1 aliphatic heterocycles. The van der Waals surface area contributed by atoms with Gasteiger partial charge in [-0.3, -0.25) is 14.1 Å². The molecule has 0 amide bonds. The van der Waals surface area contributed by atoms with Crippen molar-refractivity contribution in [1.29, 1.82) is 0 Å². The second-order valence-electron chi connectivity index (χ2n) is 8.99. The molecular formula is C19H24F2O9S. The smallest absolute Gasteiger partial charge is 0.459 e. The predicted octanol–water partition coefficient (Wildman–Crippen LogP) is 2.19. The number of carbonyl (C=O) groups is 3. The zero-order chi connectivity index (χ0) is 22.8. The molecule has 0 radical (unpaired) electrons. The van der Waals surface area contributed by atoms with E-state index >= 15 is 0 Å². The van der Waals surface area contributed by atoms with Gasteiger partial charge in [-0.25, -0.2) is 4.79 Å². The number of hydrogen-bond acceptors (Lipinski definition) is 8. The molecule has 1 heterocycles. The van der Waals surface area contributed by atoms with Gasteiger partial charge in [0.2, 0.25) is 0 Å². The van der Waals surface area contributed by atoms with E-state index in [4.69, 9.17) is 14.0 Å². The van der Waals surface area contributed by atoms with Crippen LogP contribution < -0.4 is 0 Å². The van der Waals surface area contributed by atoms with Gasteiger partial charge >= 0.3 is 33.3 Å². The molecule has 12 heteroatoms. The van der Waals surface area contributed by atoms with Gasteiger partial charge in [0.15, 0.2) is 0 Å². The molecule has 5 unspecified atom stereocenters. The first-order chi connectivity index (χ1) is 14.4. The Labute approximate surface area is 177 Å². The average molecular weight is 466 g/mol. The van der Waals surface area contributed by atoms with Gasteiger partial charge < -0.3 is 14.2 Å². The van der Waals surface area contributed by atoms with Gasteiger partial charge in [-0.2, -0.15) is 17.2 Å². The summed E-state index contributed by atoms with van der Waals surface area (Å²) >= 11 is 0. The van der Waals surface area contributed by atoms with Gasteiger partial charge in [-0.15, -0.1) is 0 Å². The minimum atomic E-state index is -6.06. The Hall–Kier alpha value is -1.82. The van der Waals surface area contributed by atoms with Crippen molar-refractivity contribution in [3.8, 4) is 0 Å². The molecule has 4 fully saturated rings. The summed E-state index contributed by atoms with van der Waals surface area (Å²) in [7, 11) is -6.06. The van der Waals surface area contributed by atoms with E-state index in [1.165, 1.54) is 0 Å². The van der Waals surface area contributed by atoms with Crippen molar-refractivity contribution in [3.05, 3.63) is 0 Å². The molecule has 0 spiro atoms. The third-order valence-corrected chi connectivity index (χ3v) is 8.18. The maximum Gasteiger partial charge on any atom is 0.465 e. The highest BCUT2D eigenvalue weighted by atomic mass is 32.2. The molecule has 31 heavy (non-hydrogen) atoms. The minimum Gasteiger partial charge on any atom is -0.459 e. The van der Waals surface area contributed by atoms with Crippen LogP contribution in [-0.2, 0) is 38.7 Å². The standard InChI is InChI=1S/C19H24F2O9S/c1-2-17(6-4-3-5-7-17)28-14(22)12-10-8-11-13(12)15(23)29-18(11,9-10)30-16(24)19(20,21)31(25,26)27/h10-13H,2-9H2,1H3,(H,25,26,27). The van der Waals surface area contributed by atoms with Crippen molar-refractivity contribution < 1.29 is 50.3 Å². The molecule has 0 aromatic carbocycles. The zero-order valence-corrected chi connectivity index (χ0v) is 17.7. The van der Waals surface area contributed by atoms with Crippen LogP contribution in [0.4, 0.5) is 8.78 Å². The van der Waals surface area contributed by atoms with Gasteiger partial charge in [0.05, 0.1) is 17.8 Å². The Morgan fingerprint density at radius 2 is 1.87 bits per heavy atom. The lowest BCUT2D eigenvalue weighted by Gasteiger charge is -2.38. The number of carbonyl (C=O) groups excluding carboxylic acids is 3. The van der Waals surface area contributed by atoms with E-state index in [9.17, 15) is 31.6 Å². The minimum absolute atomic E-state index is 0.208. The van der Waals surface area contributed by atoms with E-state index < -0.39 is 68.3 Å². The first-order valence-electron chi connectivity index (χ1n) is 10.4. The fraction of sp³-hybridized carbons (Fsp3) is 0.842. The van der Waals surface area contributed by atoms with Crippen molar-refractivity contribution in [2.75, 3.05) is 0 Å². The molecule has 1 saturated heterocycles. The van der Waals surface area contributed by atoms with Crippen LogP contribution in [0.3, 0.4) is 0 Å². The van der Waals surface area contributed by atoms with E-state index in [-0.39, 0.29) is 12.8 Å². The molecular weight excluding hydrogens is 442 g/mol. The van der Waals surface area contributed by atoms with Gasteiger partial charge in [0, 0.05) is 6.42 Å². The quantitative estimate of drug-likeness (QED) is 0.462. The summed E-state index contributed by atoms with van der Waals surface area (Å²) in [6, 6.07) is 0. The zero-order valence-electron chi connectivity index (χ0n) is 16.8. The Morgan fingerprint density at radius 3 is 2.45 bits per heavy atom. The average Bonchev–Trinajstić information content (AvgIpc) is 3.27. The highest BCUT2D eigenvalue weighted by Gasteiger charge is 2.75. The second kappa shape index (κ2) is 7.09. The summed E-state index contributed by atoms with van der Waals surface area (Å²) in [4.78, 5) is 37.4. The first kappa shape index (κ1) is 22.4. The summed E-state index contributed by atoms with van der Waals surface area (Å²) < 4.78 is 73.3. The van der Waals surface area contributed by atoms with E-state index in [0.29, 0.717) is 6.42 Å². The summed E-state index contributed by atoms with van der Waals surface area (Å²) in [5.74, 6) is -9.22. The molecule has 4 rings (SSSR count). The van der Waals surface area contributed by atoms with E-state index in [2.05, 4.69) is 4.74 Å². The summed E-state index contributed by atoms with van der Waals surface area (Å²) in [6.07, 6.45) is 5.03. The lowest BCUT2D eigenvalue weighted by molar-refractivity contribution is -0.234. The molecule has 1 N–H and O–H groups in total.